The van der Waals surface area contributed by atoms with Crippen LogP contribution >= 0.6 is 27.5 Å². The van der Waals surface area contributed by atoms with Crippen LogP contribution in [0.15, 0.2) is 22.7 Å². The van der Waals surface area contributed by atoms with E-state index in [0.717, 1.165) is 15.5 Å². The molecule has 2 N–H and O–H groups in total. The highest BCUT2D eigenvalue weighted by Crippen LogP contribution is 2.32. The monoisotopic (exact) mass is 343 g/mol. The van der Waals surface area contributed by atoms with Crippen LogP contribution in [-0.4, -0.2) is 15.5 Å². The van der Waals surface area contributed by atoms with Gasteiger partial charge in [0.2, 0.25) is 5.91 Å². The second-order valence-electron chi connectivity index (χ2n) is 4.98. The first-order chi connectivity index (χ1) is 8.75. The number of aromatic nitrogens is 2. The van der Waals surface area contributed by atoms with Gasteiger partial charge in [-0.3, -0.25) is 4.79 Å². The molecule has 1 unspecified atom stereocenters. The first-order valence-electron chi connectivity index (χ1n) is 5.87. The molecule has 0 bridgehead atoms. The predicted octanol–water partition coefficient (Wildman–Crippen LogP) is 3.32. The van der Waals surface area contributed by atoms with Crippen molar-refractivity contribution in [2.45, 2.75) is 31.7 Å². The minimum absolute atomic E-state index is 0.315. The van der Waals surface area contributed by atoms with Crippen LogP contribution in [0.4, 0.5) is 0 Å². The molecule has 1 atom stereocenters. The fourth-order valence-corrected chi connectivity index (χ4v) is 2.53. The lowest BCUT2D eigenvalue weighted by Crippen LogP contribution is -2.42. The number of nitrogens with zero attached hydrogens (tertiary/aromatic N) is 2. The van der Waals surface area contributed by atoms with E-state index < -0.39 is 11.4 Å². The molecule has 1 aromatic carbocycles. The number of primary amides is 1. The molecule has 6 heteroatoms. The number of halogens is 2. The number of alkyl halides is 1. The summed E-state index contributed by atoms with van der Waals surface area (Å²) in [6.45, 7) is 5.35. The van der Waals surface area contributed by atoms with Crippen molar-refractivity contribution in [3.8, 4) is 0 Å². The zero-order valence-corrected chi connectivity index (χ0v) is 13.3. The van der Waals surface area contributed by atoms with E-state index in [0.29, 0.717) is 5.82 Å². The normalized spacial score (nSPS) is 13.7. The van der Waals surface area contributed by atoms with Gasteiger partial charge >= 0.3 is 0 Å². The van der Waals surface area contributed by atoms with E-state index in [2.05, 4.69) is 20.9 Å². The second kappa shape index (κ2) is 4.80. The SMILES string of the molecule is CC(Cl)c1nc2ccc(Br)cc2n1C(C)(C)C(N)=O. The van der Waals surface area contributed by atoms with Crippen molar-refractivity contribution in [1.82, 2.24) is 9.55 Å². The third-order valence-corrected chi connectivity index (χ3v) is 3.85. The highest BCUT2D eigenvalue weighted by Gasteiger charge is 2.32. The summed E-state index contributed by atoms with van der Waals surface area (Å²) in [5.74, 6) is 0.212. The van der Waals surface area contributed by atoms with Gasteiger partial charge in [0, 0.05) is 4.47 Å². The molecular formula is C13H15BrClN3O. The Bertz CT molecular complexity index is 649. The molecule has 1 aromatic heterocycles. The van der Waals surface area contributed by atoms with Crippen LogP contribution in [0.1, 0.15) is 32.0 Å². The molecule has 2 aromatic rings. The Labute approximate surface area is 125 Å². The van der Waals surface area contributed by atoms with Crippen molar-refractivity contribution in [1.29, 1.82) is 0 Å². The van der Waals surface area contributed by atoms with Gasteiger partial charge in [-0.05, 0) is 39.0 Å². The molecule has 19 heavy (non-hydrogen) atoms. The van der Waals surface area contributed by atoms with Crippen molar-refractivity contribution in [3.63, 3.8) is 0 Å². The average Bonchev–Trinajstić information content (AvgIpc) is 2.67. The summed E-state index contributed by atoms with van der Waals surface area (Å²) >= 11 is 9.61. The third kappa shape index (κ3) is 2.37. The Morgan fingerprint density at radius 3 is 2.68 bits per heavy atom. The quantitative estimate of drug-likeness (QED) is 0.868. The Kier molecular flexibility index (Phi) is 3.62. The molecule has 102 valence electrons. The van der Waals surface area contributed by atoms with E-state index in [-0.39, 0.29) is 5.38 Å². The molecule has 2 rings (SSSR count). The molecule has 0 aliphatic rings. The highest BCUT2D eigenvalue weighted by atomic mass is 79.9. The van der Waals surface area contributed by atoms with Gasteiger partial charge in [0.05, 0.1) is 16.4 Å². The topological polar surface area (TPSA) is 60.9 Å². The first-order valence-corrected chi connectivity index (χ1v) is 7.10. The van der Waals surface area contributed by atoms with Gasteiger partial charge < -0.3 is 10.3 Å². The van der Waals surface area contributed by atoms with Gasteiger partial charge in [-0.15, -0.1) is 11.6 Å². The average molecular weight is 345 g/mol. The van der Waals surface area contributed by atoms with Crippen LogP contribution in [0.25, 0.3) is 11.0 Å². The molecule has 1 heterocycles. The minimum atomic E-state index is -0.895. The largest absolute Gasteiger partial charge is 0.368 e. The predicted molar refractivity (Wildman–Crippen MR) is 80.2 cm³/mol. The number of hydrogen-bond acceptors (Lipinski definition) is 2. The summed E-state index contributed by atoms with van der Waals surface area (Å²) in [7, 11) is 0. The van der Waals surface area contributed by atoms with E-state index in [1.165, 1.54) is 0 Å². The second-order valence-corrected chi connectivity index (χ2v) is 6.55. The zero-order valence-electron chi connectivity index (χ0n) is 10.9. The van der Waals surface area contributed by atoms with Gasteiger partial charge in [-0.2, -0.15) is 0 Å². The number of carbonyl (C=O) groups is 1. The number of benzene rings is 1. The molecule has 0 saturated heterocycles. The van der Waals surface area contributed by atoms with E-state index in [9.17, 15) is 4.79 Å². The number of imidazole rings is 1. The van der Waals surface area contributed by atoms with Crippen LogP contribution in [-0.2, 0) is 10.3 Å². The lowest BCUT2D eigenvalue weighted by molar-refractivity contribution is -0.125. The standard InChI is InChI=1S/C13H15BrClN3O/c1-7(15)11-17-9-5-4-8(14)6-10(9)18(11)13(2,3)12(16)19/h4-7H,1-3H3,(H2,16,19). The summed E-state index contributed by atoms with van der Waals surface area (Å²) in [6, 6.07) is 5.70. The highest BCUT2D eigenvalue weighted by molar-refractivity contribution is 9.10. The molecule has 0 saturated carbocycles. The van der Waals surface area contributed by atoms with Crippen LogP contribution in [0.5, 0.6) is 0 Å². The summed E-state index contributed by atoms with van der Waals surface area (Å²) in [5.41, 5.74) is 6.25. The Morgan fingerprint density at radius 2 is 2.16 bits per heavy atom. The van der Waals surface area contributed by atoms with Crippen LogP contribution < -0.4 is 5.73 Å². The molecule has 0 fully saturated rings. The maximum absolute atomic E-state index is 11.7. The van der Waals surface area contributed by atoms with E-state index in [1.54, 1.807) is 13.8 Å². The van der Waals surface area contributed by atoms with Crippen molar-refractivity contribution >= 4 is 44.5 Å². The number of amides is 1. The lowest BCUT2D eigenvalue weighted by atomic mass is 10.0. The van der Waals surface area contributed by atoms with Gasteiger partial charge in [-0.1, -0.05) is 15.9 Å². The molecule has 0 aliphatic carbocycles. The maximum atomic E-state index is 11.7. The molecule has 1 amide bonds. The fourth-order valence-electron chi connectivity index (χ4n) is 2.03. The van der Waals surface area contributed by atoms with Gasteiger partial charge in [0.1, 0.15) is 11.4 Å². The zero-order chi connectivity index (χ0) is 14.4. The van der Waals surface area contributed by atoms with Crippen LogP contribution in [0.2, 0.25) is 0 Å². The maximum Gasteiger partial charge on any atom is 0.243 e. The van der Waals surface area contributed by atoms with E-state index >= 15 is 0 Å². The van der Waals surface area contributed by atoms with E-state index in [4.69, 9.17) is 17.3 Å². The van der Waals surface area contributed by atoms with Crippen molar-refractivity contribution in [2.24, 2.45) is 5.73 Å². The Morgan fingerprint density at radius 1 is 1.53 bits per heavy atom. The van der Waals surface area contributed by atoms with Crippen molar-refractivity contribution < 1.29 is 4.79 Å². The first kappa shape index (κ1) is 14.3. The molecule has 0 aliphatic heterocycles. The number of fused-ring (bicyclic) bond motifs is 1. The minimum Gasteiger partial charge on any atom is -0.368 e. The number of carbonyl (C=O) groups excluding carboxylic acids is 1. The van der Waals surface area contributed by atoms with E-state index in [1.807, 2.05) is 29.7 Å². The molecule has 0 spiro atoms. The number of nitrogens with two attached hydrogens (primary N) is 1. The third-order valence-electron chi connectivity index (χ3n) is 3.16. The summed E-state index contributed by atoms with van der Waals surface area (Å²) in [4.78, 5) is 16.2. The summed E-state index contributed by atoms with van der Waals surface area (Å²) in [6.07, 6.45) is 0. The van der Waals surface area contributed by atoms with Gasteiger partial charge in [0.25, 0.3) is 0 Å². The molecular weight excluding hydrogens is 330 g/mol. The number of rotatable bonds is 3. The smallest absolute Gasteiger partial charge is 0.243 e. The molecule has 4 nitrogen and oxygen atoms in total. The van der Waals surface area contributed by atoms with Crippen LogP contribution in [0.3, 0.4) is 0 Å². The summed E-state index contributed by atoms with van der Waals surface area (Å²) < 4.78 is 2.72. The van der Waals surface area contributed by atoms with Crippen molar-refractivity contribution in [2.75, 3.05) is 0 Å². The summed E-state index contributed by atoms with van der Waals surface area (Å²) in [5, 5.41) is -0.315. The Balaban J connectivity index is 2.85. The fraction of sp³-hybridized carbons (Fsp3) is 0.385. The molecule has 0 radical (unpaired) electrons. The Hall–Kier alpha value is -1.07. The lowest BCUT2D eigenvalue weighted by Gasteiger charge is -2.26. The van der Waals surface area contributed by atoms with Gasteiger partial charge in [-0.25, -0.2) is 4.98 Å². The van der Waals surface area contributed by atoms with Gasteiger partial charge in [0.15, 0.2) is 0 Å². The number of hydrogen-bond donors (Lipinski definition) is 1. The van der Waals surface area contributed by atoms with Crippen molar-refractivity contribution in [3.05, 3.63) is 28.5 Å². The van der Waals surface area contributed by atoms with Crippen LogP contribution in [0, 0.1) is 0 Å².